The lowest BCUT2D eigenvalue weighted by Crippen LogP contribution is -2.43. The summed E-state index contributed by atoms with van der Waals surface area (Å²) < 4.78 is 3.31. The summed E-state index contributed by atoms with van der Waals surface area (Å²) in [6.07, 6.45) is 5.14. The zero-order valence-corrected chi connectivity index (χ0v) is 22.3. The maximum absolute atomic E-state index is 13.7. The number of fused-ring (bicyclic) bond motifs is 1. The van der Waals surface area contributed by atoms with E-state index in [-0.39, 0.29) is 23.7 Å². The van der Waals surface area contributed by atoms with Gasteiger partial charge in [0, 0.05) is 24.0 Å². The first-order valence-electron chi connectivity index (χ1n) is 13.5. The first kappa shape index (κ1) is 25.4. The van der Waals surface area contributed by atoms with E-state index < -0.39 is 5.97 Å². The lowest BCUT2D eigenvalue weighted by Gasteiger charge is -2.36. The quantitative estimate of drug-likeness (QED) is 0.338. The average Bonchev–Trinajstić information content (AvgIpc) is 3.18. The largest absolute Gasteiger partial charge is 0.478 e. The van der Waals surface area contributed by atoms with E-state index in [1.165, 1.54) is 18.1 Å². The fourth-order valence-corrected chi connectivity index (χ4v) is 6.03. The maximum atomic E-state index is 13.7. The molecule has 1 amide bonds. The minimum Gasteiger partial charge on any atom is -0.478 e. The molecule has 4 aromatic rings. The van der Waals surface area contributed by atoms with Gasteiger partial charge >= 0.3 is 11.7 Å². The molecule has 1 aliphatic carbocycles. The number of carboxylic acids is 1. The molecular formula is C31H30ClN3O4. The second-order valence-corrected chi connectivity index (χ2v) is 11.1. The van der Waals surface area contributed by atoms with Crippen LogP contribution in [0.4, 0.5) is 0 Å². The number of aromatic nitrogens is 2. The van der Waals surface area contributed by atoms with E-state index in [2.05, 4.69) is 12.1 Å². The number of carbonyl (C=O) groups excluding carboxylic acids is 1. The number of aromatic carboxylic acids is 1. The highest BCUT2D eigenvalue weighted by atomic mass is 35.5. The number of nitrogens with zero attached hydrogens (tertiary/aromatic N) is 3. The third kappa shape index (κ3) is 4.87. The Morgan fingerprint density at radius 2 is 1.64 bits per heavy atom. The Kier molecular flexibility index (Phi) is 6.77. The van der Waals surface area contributed by atoms with Crippen molar-refractivity contribution in [3.8, 4) is 5.69 Å². The first-order chi connectivity index (χ1) is 18.9. The monoisotopic (exact) mass is 543 g/mol. The molecule has 200 valence electrons. The predicted octanol–water partition coefficient (Wildman–Crippen LogP) is 5.70. The molecule has 1 saturated carbocycles. The maximum Gasteiger partial charge on any atom is 0.335 e. The van der Waals surface area contributed by atoms with Gasteiger partial charge in [0.25, 0.3) is 0 Å². The van der Waals surface area contributed by atoms with E-state index in [9.17, 15) is 19.5 Å². The third-order valence-electron chi connectivity index (χ3n) is 8.29. The van der Waals surface area contributed by atoms with Gasteiger partial charge in [0.1, 0.15) is 0 Å². The summed E-state index contributed by atoms with van der Waals surface area (Å²) >= 11 is 6.33. The highest BCUT2D eigenvalue weighted by Gasteiger charge is 2.32. The number of halogens is 1. The van der Waals surface area contributed by atoms with Crippen LogP contribution in [0.25, 0.3) is 16.7 Å². The Morgan fingerprint density at radius 1 is 0.897 bits per heavy atom. The van der Waals surface area contributed by atoms with E-state index in [0.717, 1.165) is 55.5 Å². The van der Waals surface area contributed by atoms with Crippen molar-refractivity contribution in [1.29, 1.82) is 0 Å². The summed E-state index contributed by atoms with van der Waals surface area (Å²) in [5.74, 6) is -0.0392. The molecule has 7 nitrogen and oxygen atoms in total. The van der Waals surface area contributed by atoms with Crippen LogP contribution in [-0.2, 0) is 11.3 Å². The van der Waals surface area contributed by atoms with Gasteiger partial charge in [-0.15, -0.1) is 0 Å². The molecule has 0 bridgehead atoms. The van der Waals surface area contributed by atoms with Crippen LogP contribution < -0.4 is 5.69 Å². The number of hydrogen-bond donors (Lipinski definition) is 1. The first-order valence-corrected chi connectivity index (χ1v) is 13.9. The Balaban J connectivity index is 1.27. The molecule has 2 aliphatic rings. The molecule has 0 radical (unpaired) electrons. The molecule has 0 unspecified atom stereocenters. The Labute approximate surface area is 231 Å². The zero-order valence-electron chi connectivity index (χ0n) is 21.6. The second-order valence-electron chi connectivity index (χ2n) is 10.7. The van der Waals surface area contributed by atoms with Gasteiger partial charge in [0.05, 0.1) is 28.8 Å². The molecule has 1 aromatic heterocycles. The summed E-state index contributed by atoms with van der Waals surface area (Å²) in [5.41, 5.74) is 4.06. The normalized spacial score (nSPS) is 16.4. The standard InChI is InChI=1S/C31H30ClN3O4/c32-25-9-12-27-28(18-25)35(31(39)34(27)19-20-3-1-6-24(17-20)30(37)38)26-10-7-21(8-11-26)22-13-15-33(16-14-22)29(36)23-4-2-5-23/h1,3,6-12,17-18,22-23H,2,4-5,13-16,19H2,(H,37,38). The van der Waals surface area contributed by atoms with Gasteiger partial charge in [-0.3, -0.25) is 13.9 Å². The molecule has 3 aromatic carbocycles. The topological polar surface area (TPSA) is 84.5 Å². The van der Waals surface area contributed by atoms with Crippen molar-refractivity contribution >= 4 is 34.5 Å². The number of carboxylic acid groups (broad SMARTS) is 1. The second kappa shape index (κ2) is 10.4. The smallest absolute Gasteiger partial charge is 0.335 e. The summed E-state index contributed by atoms with van der Waals surface area (Å²) in [5, 5.41) is 9.90. The van der Waals surface area contributed by atoms with Gasteiger partial charge < -0.3 is 10.0 Å². The van der Waals surface area contributed by atoms with Gasteiger partial charge in [-0.05, 0) is 85.2 Å². The van der Waals surface area contributed by atoms with Crippen LogP contribution in [0.1, 0.15) is 59.5 Å². The molecule has 2 fully saturated rings. The van der Waals surface area contributed by atoms with Crippen molar-refractivity contribution in [2.75, 3.05) is 13.1 Å². The molecule has 1 N–H and O–H groups in total. The number of benzene rings is 3. The van der Waals surface area contributed by atoms with Crippen LogP contribution in [0.5, 0.6) is 0 Å². The highest BCUT2D eigenvalue weighted by molar-refractivity contribution is 6.31. The molecule has 39 heavy (non-hydrogen) atoms. The number of likely N-dealkylation sites (tertiary alicyclic amines) is 1. The summed E-state index contributed by atoms with van der Waals surface area (Å²) in [4.78, 5) is 39.8. The predicted molar refractivity (Wildman–Crippen MR) is 151 cm³/mol. The number of imidazole rings is 1. The fraction of sp³-hybridized carbons (Fsp3) is 0.323. The van der Waals surface area contributed by atoms with E-state index in [4.69, 9.17) is 11.6 Å². The zero-order chi connectivity index (χ0) is 27.1. The molecule has 8 heteroatoms. The van der Waals surface area contributed by atoms with Crippen LogP contribution in [-0.4, -0.2) is 44.1 Å². The van der Waals surface area contributed by atoms with Gasteiger partial charge in [0.2, 0.25) is 5.91 Å². The number of piperidine rings is 1. The number of hydrogen-bond acceptors (Lipinski definition) is 3. The van der Waals surface area contributed by atoms with Crippen molar-refractivity contribution in [2.24, 2.45) is 5.92 Å². The number of rotatable bonds is 6. The lowest BCUT2D eigenvalue weighted by atomic mass is 9.83. The van der Waals surface area contributed by atoms with Gasteiger partial charge in [-0.1, -0.05) is 42.3 Å². The van der Waals surface area contributed by atoms with Crippen molar-refractivity contribution in [3.05, 3.63) is 98.9 Å². The fourth-order valence-electron chi connectivity index (χ4n) is 5.86. The summed E-state index contributed by atoms with van der Waals surface area (Å²) in [7, 11) is 0. The SMILES string of the molecule is O=C(O)c1cccc(Cn2c(=O)n(-c3ccc(C4CCN(C(=O)C5CCC5)CC4)cc3)c3cc(Cl)ccc32)c1. The van der Waals surface area contributed by atoms with E-state index >= 15 is 0 Å². The number of carbonyl (C=O) groups is 2. The van der Waals surface area contributed by atoms with Gasteiger partial charge in [-0.25, -0.2) is 9.59 Å². The molecule has 1 aliphatic heterocycles. The number of amides is 1. The Bertz CT molecular complexity index is 1610. The van der Waals surface area contributed by atoms with E-state index in [1.54, 1.807) is 33.4 Å². The van der Waals surface area contributed by atoms with Crippen LogP contribution >= 0.6 is 11.6 Å². The Morgan fingerprint density at radius 3 is 2.31 bits per heavy atom. The van der Waals surface area contributed by atoms with Gasteiger partial charge in [0.15, 0.2) is 0 Å². The van der Waals surface area contributed by atoms with Crippen molar-refractivity contribution in [3.63, 3.8) is 0 Å². The van der Waals surface area contributed by atoms with Crippen molar-refractivity contribution in [2.45, 2.75) is 44.6 Å². The molecular weight excluding hydrogens is 514 g/mol. The van der Waals surface area contributed by atoms with E-state index in [1.807, 2.05) is 29.2 Å². The van der Waals surface area contributed by atoms with Crippen molar-refractivity contribution in [1.82, 2.24) is 14.0 Å². The molecule has 6 rings (SSSR count). The molecule has 0 spiro atoms. The highest BCUT2D eigenvalue weighted by Crippen LogP contribution is 2.33. The van der Waals surface area contributed by atoms with Crippen LogP contribution in [0.3, 0.4) is 0 Å². The lowest BCUT2D eigenvalue weighted by molar-refractivity contribution is -0.139. The van der Waals surface area contributed by atoms with Gasteiger partial charge in [-0.2, -0.15) is 0 Å². The minimum atomic E-state index is -1.01. The van der Waals surface area contributed by atoms with Crippen LogP contribution in [0.15, 0.2) is 71.5 Å². The average molecular weight is 544 g/mol. The van der Waals surface area contributed by atoms with Crippen molar-refractivity contribution < 1.29 is 14.7 Å². The van der Waals surface area contributed by atoms with Crippen LogP contribution in [0, 0.1) is 5.92 Å². The minimum absolute atomic E-state index is 0.182. The summed E-state index contributed by atoms with van der Waals surface area (Å²) in [6, 6.07) is 20.1. The van der Waals surface area contributed by atoms with E-state index in [0.29, 0.717) is 22.4 Å². The molecule has 1 saturated heterocycles. The summed E-state index contributed by atoms with van der Waals surface area (Å²) in [6.45, 7) is 1.84. The molecule has 0 atom stereocenters. The third-order valence-corrected chi connectivity index (χ3v) is 8.52. The molecule has 2 heterocycles. The van der Waals surface area contributed by atoms with Crippen LogP contribution in [0.2, 0.25) is 5.02 Å². The Hall–Kier alpha value is -3.84.